The molecule has 0 spiro atoms. The minimum absolute atomic E-state index is 0.104. The van der Waals surface area contributed by atoms with Gasteiger partial charge in [0, 0.05) is 0 Å². The van der Waals surface area contributed by atoms with Gasteiger partial charge in [-0.05, 0) is 66.2 Å². The van der Waals surface area contributed by atoms with E-state index in [9.17, 15) is 9.59 Å². The molecule has 0 bridgehead atoms. The van der Waals surface area contributed by atoms with E-state index in [0.717, 1.165) is 0 Å². The molecule has 6 nitrogen and oxygen atoms in total. The monoisotopic (exact) mass is 394 g/mol. The van der Waals surface area contributed by atoms with Gasteiger partial charge in [0.05, 0.1) is 12.1 Å². The van der Waals surface area contributed by atoms with Crippen LogP contribution in [-0.4, -0.2) is 39.8 Å². The smallest absolute Gasteiger partial charge is 0.407 e. The molecule has 3 unspecified atom stereocenters. The van der Waals surface area contributed by atoms with Gasteiger partial charge in [0.15, 0.2) is 0 Å². The van der Waals surface area contributed by atoms with Gasteiger partial charge < -0.3 is 20.1 Å². The van der Waals surface area contributed by atoms with E-state index in [-0.39, 0.29) is 23.9 Å². The van der Waals surface area contributed by atoms with Gasteiger partial charge in [-0.1, -0.05) is 0 Å². The van der Waals surface area contributed by atoms with Crippen molar-refractivity contribution in [1.29, 1.82) is 0 Å². The van der Waals surface area contributed by atoms with E-state index in [0.29, 0.717) is 12.8 Å². The van der Waals surface area contributed by atoms with E-state index < -0.39 is 27.7 Å². The van der Waals surface area contributed by atoms with Crippen LogP contribution in [0.25, 0.3) is 0 Å². The van der Waals surface area contributed by atoms with Crippen molar-refractivity contribution in [1.82, 2.24) is 10.6 Å². The predicted molar refractivity (Wildman–Crippen MR) is 97.0 cm³/mol. The molecule has 0 aliphatic heterocycles. The summed E-state index contributed by atoms with van der Waals surface area (Å²) >= 11 is 12.6. The molecule has 2 N–H and O–H groups in total. The molecule has 8 heteroatoms. The number of halogens is 2. The van der Waals surface area contributed by atoms with Gasteiger partial charge in [-0.15, -0.1) is 23.2 Å². The summed E-state index contributed by atoms with van der Waals surface area (Å²) in [6.07, 6.45) is 0.110. The molecular weight excluding hydrogens is 367 g/mol. The number of hydrogen-bond acceptors (Lipinski definition) is 4. The Kier molecular flexibility index (Phi) is 5.47. The number of fused-ring (bicyclic) bond motifs is 1. The lowest BCUT2D eigenvalue weighted by atomic mass is 9.90. The zero-order valence-corrected chi connectivity index (χ0v) is 17.1. The van der Waals surface area contributed by atoms with Crippen molar-refractivity contribution in [2.75, 3.05) is 0 Å². The predicted octanol–water partition coefficient (Wildman–Crippen LogP) is 3.99. The largest absolute Gasteiger partial charge is 0.444 e. The molecule has 2 amide bonds. The van der Waals surface area contributed by atoms with Crippen LogP contribution in [0.2, 0.25) is 0 Å². The van der Waals surface area contributed by atoms with Crippen LogP contribution in [0.15, 0.2) is 0 Å². The highest BCUT2D eigenvalue weighted by Crippen LogP contribution is 2.65. The number of carbonyl (C=O) groups excluding carboxylic acids is 2. The number of carbonyl (C=O) groups is 2. The number of alkyl carbamates (subject to hydrolysis) is 2. The van der Waals surface area contributed by atoms with Crippen LogP contribution >= 0.6 is 23.2 Å². The van der Waals surface area contributed by atoms with Crippen molar-refractivity contribution in [2.45, 2.75) is 82.0 Å². The molecule has 0 aromatic carbocycles. The average molecular weight is 395 g/mol. The Morgan fingerprint density at radius 2 is 1.16 bits per heavy atom. The van der Waals surface area contributed by atoms with Crippen LogP contribution in [0.1, 0.15) is 54.4 Å². The van der Waals surface area contributed by atoms with Crippen LogP contribution < -0.4 is 10.6 Å². The second kappa shape index (κ2) is 6.69. The first-order valence-electron chi connectivity index (χ1n) is 8.56. The topological polar surface area (TPSA) is 76.7 Å². The molecule has 2 rings (SSSR count). The van der Waals surface area contributed by atoms with Crippen molar-refractivity contribution >= 4 is 35.4 Å². The molecule has 0 heterocycles. The van der Waals surface area contributed by atoms with Crippen LogP contribution in [0.4, 0.5) is 9.59 Å². The SMILES string of the molecule is CC(C)(C)OC(=O)NC1CC2C(C[C@@H]1NC(=O)OC(C)(C)C)C2(Cl)Cl. The lowest BCUT2D eigenvalue weighted by Crippen LogP contribution is -2.55. The first-order chi connectivity index (χ1) is 11.2. The minimum Gasteiger partial charge on any atom is -0.444 e. The third-order valence-electron chi connectivity index (χ3n) is 4.27. The van der Waals surface area contributed by atoms with E-state index in [1.54, 1.807) is 41.5 Å². The summed E-state index contributed by atoms with van der Waals surface area (Å²) in [4.78, 5) is 24.3. The molecule has 2 aliphatic rings. The summed E-state index contributed by atoms with van der Waals surface area (Å²) in [5.41, 5.74) is -1.20. The first kappa shape index (κ1) is 20.4. The molecule has 2 fully saturated rings. The molecule has 25 heavy (non-hydrogen) atoms. The molecule has 0 radical (unpaired) electrons. The Balaban J connectivity index is 2.02. The van der Waals surface area contributed by atoms with Crippen LogP contribution in [-0.2, 0) is 9.47 Å². The summed E-state index contributed by atoms with van der Waals surface area (Å²) < 4.78 is 9.84. The second-order valence-electron chi connectivity index (χ2n) is 8.86. The quantitative estimate of drug-likeness (QED) is 0.694. The maximum absolute atomic E-state index is 12.1. The van der Waals surface area contributed by atoms with Crippen LogP contribution in [0, 0.1) is 11.8 Å². The number of alkyl halides is 2. The minimum atomic E-state index is -0.793. The summed E-state index contributed by atoms with van der Waals surface area (Å²) in [5, 5.41) is 5.68. The average Bonchev–Trinajstić information content (AvgIpc) is 2.86. The standard InChI is InChI=1S/C17H28Cl2N2O4/c1-15(2,3)24-13(22)20-11-7-9-10(17(9,18)19)8-12(11)21-14(23)25-16(4,5)6/h9-12H,7-8H2,1-6H3,(H,20,22)(H,21,23)/t9?,10?,11-,12?/m0/s1. The first-order valence-corrected chi connectivity index (χ1v) is 9.31. The molecule has 0 aromatic heterocycles. The fourth-order valence-corrected chi connectivity index (χ4v) is 4.05. The third kappa shape index (κ3) is 5.55. The van der Waals surface area contributed by atoms with Gasteiger partial charge in [-0.3, -0.25) is 0 Å². The van der Waals surface area contributed by atoms with Crippen LogP contribution in [0.3, 0.4) is 0 Å². The Hall–Kier alpha value is -0.880. The molecule has 0 saturated heterocycles. The fourth-order valence-electron chi connectivity index (χ4n) is 3.22. The third-order valence-corrected chi connectivity index (χ3v) is 5.39. The molecular formula is C17H28Cl2N2O4. The zero-order chi connectivity index (χ0) is 19.2. The van der Waals surface area contributed by atoms with E-state index in [2.05, 4.69) is 10.6 Å². The van der Waals surface area contributed by atoms with Crippen molar-refractivity contribution in [2.24, 2.45) is 11.8 Å². The van der Waals surface area contributed by atoms with Gasteiger partial charge in [-0.25, -0.2) is 9.59 Å². The van der Waals surface area contributed by atoms with E-state index in [1.165, 1.54) is 0 Å². The lowest BCUT2D eigenvalue weighted by Gasteiger charge is -2.33. The Morgan fingerprint density at radius 1 is 0.840 bits per heavy atom. The number of amides is 2. The highest BCUT2D eigenvalue weighted by molar-refractivity contribution is 6.51. The highest BCUT2D eigenvalue weighted by Gasteiger charge is 2.66. The van der Waals surface area contributed by atoms with Crippen molar-refractivity contribution in [3.05, 3.63) is 0 Å². The number of rotatable bonds is 2. The van der Waals surface area contributed by atoms with E-state index in [4.69, 9.17) is 32.7 Å². The second-order valence-corrected chi connectivity index (χ2v) is 10.3. The summed E-state index contributed by atoms with van der Waals surface area (Å²) in [6.45, 7) is 10.8. The van der Waals surface area contributed by atoms with Crippen molar-refractivity contribution < 1.29 is 19.1 Å². The number of hydrogen-bond donors (Lipinski definition) is 2. The summed E-state index contributed by atoms with van der Waals surface area (Å²) in [7, 11) is 0. The van der Waals surface area contributed by atoms with Gasteiger partial charge in [-0.2, -0.15) is 0 Å². The molecule has 2 aliphatic carbocycles. The van der Waals surface area contributed by atoms with Crippen molar-refractivity contribution in [3.63, 3.8) is 0 Å². The lowest BCUT2D eigenvalue weighted by molar-refractivity contribution is 0.0404. The molecule has 2 saturated carbocycles. The normalized spacial score (nSPS) is 30.7. The Bertz CT molecular complexity index is 494. The maximum atomic E-state index is 12.1. The Labute approximate surface area is 159 Å². The van der Waals surface area contributed by atoms with Gasteiger partial charge in [0.25, 0.3) is 0 Å². The highest BCUT2D eigenvalue weighted by atomic mass is 35.5. The number of nitrogens with one attached hydrogen (secondary N) is 2. The summed E-state index contributed by atoms with van der Waals surface area (Å²) in [5.74, 6) is 0.208. The molecule has 4 atom stereocenters. The van der Waals surface area contributed by atoms with E-state index >= 15 is 0 Å². The molecule has 0 aromatic rings. The molecule has 144 valence electrons. The van der Waals surface area contributed by atoms with Gasteiger partial charge in [0.1, 0.15) is 15.5 Å². The van der Waals surface area contributed by atoms with Crippen LogP contribution in [0.5, 0.6) is 0 Å². The van der Waals surface area contributed by atoms with Crippen molar-refractivity contribution in [3.8, 4) is 0 Å². The zero-order valence-electron chi connectivity index (χ0n) is 15.6. The maximum Gasteiger partial charge on any atom is 0.407 e. The number of ether oxygens (including phenoxy) is 2. The Morgan fingerprint density at radius 3 is 1.44 bits per heavy atom. The fraction of sp³-hybridized carbons (Fsp3) is 0.882. The van der Waals surface area contributed by atoms with E-state index in [1.807, 2.05) is 0 Å². The van der Waals surface area contributed by atoms with Gasteiger partial charge >= 0.3 is 12.2 Å². The summed E-state index contributed by atoms with van der Waals surface area (Å²) in [6, 6.07) is -0.633. The van der Waals surface area contributed by atoms with Gasteiger partial charge in [0.2, 0.25) is 0 Å².